The highest BCUT2D eigenvalue weighted by Gasteiger charge is 2.32. The molecule has 0 bridgehead atoms. The van der Waals surface area contributed by atoms with Gasteiger partial charge in [0.1, 0.15) is 11.4 Å². The molecule has 1 fully saturated rings. The summed E-state index contributed by atoms with van der Waals surface area (Å²) in [7, 11) is 2.08. The molecule has 0 radical (unpaired) electrons. The van der Waals surface area contributed by atoms with E-state index in [9.17, 15) is 34.5 Å². The highest BCUT2D eigenvalue weighted by molar-refractivity contribution is 6.08. The van der Waals surface area contributed by atoms with Gasteiger partial charge in [0.15, 0.2) is 0 Å². The second-order valence-corrected chi connectivity index (χ2v) is 20.7. The zero-order valence-electron chi connectivity index (χ0n) is 43.1. The molecule has 11 rings (SSSR count). The van der Waals surface area contributed by atoms with Gasteiger partial charge in [-0.2, -0.15) is 0 Å². The Labute approximate surface area is 433 Å². The van der Waals surface area contributed by atoms with E-state index in [1.165, 1.54) is 11.1 Å². The van der Waals surface area contributed by atoms with Crippen LogP contribution in [0.2, 0.25) is 0 Å². The number of rotatable bonds is 6. The van der Waals surface area contributed by atoms with Gasteiger partial charge in [0, 0.05) is 60.1 Å². The minimum atomic E-state index is -0.979. The summed E-state index contributed by atoms with van der Waals surface area (Å²) in [6.45, 7) is 12.9. The van der Waals surface area contributed by atoms with E-state index in [-0.39, 0.29) is 29.5 Å². The molecule has 2 atom stereocenters. The second kappa shape index (κ2) is 20.9. The van der Waals surface area contributed by atoms with Gasteiger partial charge in [0.25, 0.3) is 17.7 Å². The molecule has 2 aromatic heterocycles. The smallest absolute Gasteiger partial charge is 0.352 e. The number of amides is 3. The minimum Gasteiger partial charge on any atom is -0.477 e. The number of carboxylic acid groups (broad SMARTS) is 1. The van der Waals surface area contributed by atoms with Crippen LogP contribution in [-0.4, -0.2) is 103 Å². The number of para-hydroxylation sites is 2. The molecule has 382 valence electrons. The fourth-order valence-electron chi connectivity index (χ4n) is 11.7. The molecule has 3 N–H and O–H groups in total. The van der Waals surface area contributed by atoms with Crippen LogP contribution in [0.25, 0.3) is 11.1 Å². The highest BCUT2D eigenvalue weighted by atomic mass is 16.4. The number of piperazine rings is 1. The van der Waals surface area contributed by atoms with E-state index < -0.39 is 12.1 Å². The third-order valence-electron chi connectivity index (χ3n) is 16.1. The third-order valence-corrected chi connectivity index (χ3v) is 16.1. The third kappa shape index (κ3) is 9.67. The molecule has 13 nitrogen and oxygen atoms in total. The van der Waals surface area contributed by atoms with E-state index in [1.54, 1.807) is 21.6 Å². The van der Waals surface area contributed by atoms with Gasteiger partial charge in [-0.15, -0.1) is 0 Å². The van der Waals surface area contributed by atoms with Crippen LogP contribution in [0.15, 0.2) is 120 Å². The summed E-state index contributed by atoms with van der Waals surface area (Å²) in [5.74, 6) is -1.10. The van der Waals surface area contributed by atoms with Crippen molar-refractivity contribution in [2.75, 3.05) is 43.0 Å². The maximum atomic E-state index is 14.1. The van der Waals surface area contributed by atoms with Crippen LogP contribution in [-0.2, 0) is 26.2 Å². The van der Waals surface area contributed by atoms with E-state index in [2.05, 4.69) is 16.5 Å². The van der Waals surface area contributed by atoms with Crippen LogP contribution in [0.3, 0.4) is 0 Å². The minimum absolute atomic E-state index is 0.0558. The maximum absolute atomic E-state index is 14.1. The second-order valence-electron chi connectivity index (χ2n) is 20.7. The van der Waals surface area contributed by atoms with Crippen LogP contribution in [0.1, 0.15) is 139 Å². The Hall–Kier alpha value is -7.32. The average Bonchev–Trinajstić information content (AvgIpc) is 3.89. The molecule has 6 aromatic rings. The summed E-state index contributed by atoms with van der Waals surface area (Å²) < 4.78 is 3.86. The van der Waals surface area contributed by atoms with Gasteiger partial charge < -0.3 is 44.1 Å². The monoisotopic (exact) mass is 994 g/mol. The molecule has 3 amide bonds. The Morgan fingerprint density at radius 3 is 1.42 bits per heavy atom. The van der Waals surface area contributed by atoms with E-state index in [0.29, 0.717) is 43.0 Å². The number of carboxylic acids is 1. The van der Waals surface area contributed by atoms with Crippen molar-refractivity contribution in [1.29, 1.82) is 0 Å². The van der Waals surface area contributed by atoms with E-state index in [4.69, 9.17) is 0 Å². The standard InChI is InChI=1S/C33H38N4O3.C28H28N2O4/c1-22-19-24(11-13-27(22)28-8-6-10-31(38)23(28)2)32(39)37-21-26-12-14-30(33(40)35-17-15-34(3)16-18-35)36(26)20-25-7-4-5-9-29(25)37;1-17-14-19(10-12-22(17)23-7-5-9-26(31)18(23)2)27(32)30-16-21-11-13-25(28(33)34)29(21)15-20-6-3-4-8-24(20)30/h4-5,7,9,11-14,19,31,38H,6,8,10,15-18,20-21H2,1-3H3;3-4,6,8,10-14,26,31H,5,7,9,15-16H2,1-2H3,(H,33,34)/t31-;26-/m11/s1. The van der Waals surface area contributed by atoms with Gasteiger partial charge in [-0.1, -0.05) is 48.5 Å². The van der Waals surface area contributed by atoms with Gasteiger partial charge in [0.05, 0.1) is 38.4 Å². The first-order chi connectivity index (χ1) is 35.7. The summed E-state index contributed by atoms with van der Waals surface area (Å²) in [4.78, 5) is 60.9. The van der Waals surface area contributed by atoms with Gasteiger partial charge in [-0.05, 0) is 190 Å². The number of carbonyl (C=O) groups is 4. The summed E-state index contributed by atoms with van der Waals surface area (Å²) in [6, 6.07) is 34.7. The van der Waals surface area contributed by atoms with Crippen molar-refractivity contribution < 1.29 is 34.5 Å². The van der Waals surface area contributed by atoms with Crippen LogP contribution in [0, 0.1) is 13.8 Å². The highest BCUT2D eigenvalue weighted by Crippen LogP contribution is 2.38. The molecule has 2 aliphatic carbocycles. The van der Waals surface area contributed by atoms with Crippen molar-refractivity contribution >= 4 is 46.2 Å². The SMILES string of the molecule is CC1=C(c2ccc(C(=O)N3Cc4ccc(C(=O)N5CCN(C)CC5)n4Cc4ccccc43)cc2C)CCC[C@H]1O.CC1=C(c2ccc(C(=O)N3Cc4ccc(C(=O)O)n4Cc4ccccc43)cc2C)CCC[C@H]1O. The normalized spacial score (nSPS) is 18.8. The number of aromatic nitrogens is 2. The molecular weight excluding hydrogens is 929 g/mol. The Morgan fingerprint density at radius 1 is 0.514 bits per heavy atom. The molecule has 4 aromatic carbocycles. The van der Waals surface area contributed by atoms with Gasteiger partial charge in [0.2, 0.25) is 0 Å². The number of benzene rings is 4. The molecule has 0 unspecified atom stereocenters. The van der Waals surface area contributed by atoms with Crippen molar-refractivity contribution in [2.45, 2.75) is 105 Å². The van der Waals surface area contributed by atoms with Gasteiger partial charge in [-0.25, -0.2) is 4.79 Å². The van der Waals surface area contributed by atoms with Crippen molar-refractivity contribution in [3.63, 3.8) is 0 Å². The molecular formula is C61H66N6O7. The number of aliphatic hydroxyl groups excluding tert-OH is 2. The molecule has 5 aliphatic rings. The molecule has 0 spiro atoms. The number of aliphatic hydroxyl groups is 2. The average molecular weight is 995 g/mol. The summed E-state index contributed by atoms with van der Waals surface area (Å²) in [5.41, 5.74) is 16.1. The number of hydrogen-bond donors (Lipinski definition) is 3. The number of likely N-dealkylation sites (N-methyl/N-ethyl adjacent to an activating group) is 1. The lowest BCUT2D eigenvalue weighted by molar-refractivity contribution is 0.0651. The predicted octanol–water partition coefficient (Wildman–Crippen LogP) is 9.73. The first-order valence-corrected chi connectivity index (χ1v) is 26.0. The fraction of sp³-hybridized carbons (Fsp3) is 0.344. The maximum Gasteiger partial charge on any atom is 0.352 e. The van der Waals surface area contributed by atoms with Crippen molar-refractivity contribution in [3.8, 4) is 0 Å². The Morgan fingerprint density at radius 2 is 0.959 bits per heavy atom. The summed E-state index contributed by atoms with van der Waals surface area (Å²) >= 11 is 0. The number of allylic oxidation sites excluding steroid dienone is 2. The Bertz CT molecular complexity index is 3260. The lowest BCUT2D eigenvalue weighted by Gasteiger charge is -2.32. The number of anilines is 2. The zero-order chi connectivity index (χ0) is 51.9. The number of nitrogens with zero attached hydrogens (tertiary/aromatic N) is 6. The van der Waals surface area contributed by atoms with Gasteiger partial charge >= 0.3 is 5.97 Å². The number of carbonyl (C=O) groups excluding carboxylic acids is 3. The fourth-order valence-corrected chi connectivity index (χ4v) is 11.7. The molecule has 74 heavy (non-hydrogen) atoms. The largest absolute Gasteiger partial charge is 0.477 e. The number of fused-ring (bicyclic) bond motifs is 4. The number of aromatic carboxylic acids is 1. The van der Waals surface area contributed by atoms with Crippen LogP contribution >= 0.6 is 0 Å². The van der Waals surface area contributed by atoms with Gasteiger partial charge in [-0.3, -0.25) is 14.4 Å². The number of hydrogen-bond acceptors (Lipinski definition) is 7. The molecule has 5 heterocycles. The van der Waals surface area contributed by atoms with Crippen molar-refractivity contribution in [2.24, 2.45) is 0 Å². The summed E-state index contributed by atoms with van der Waals surface area (Å²) in [5, 5.41) is 30.3. The van der Waals surface area contributed by atoms with Crippen LogP contribution in [0.4, 0.5) is 11.4 Å². The predicted molar refractivity (Wildman–Crippen MR) is 289 cm³/mol. The first kappa shape index (κ1) is 50.2. The van der Waals surface area contributed by atoms with E-state index in [1.807, 2.05) is 135 Å². The van der Waals surface area contributed by atoms with Crippen molar-refractivity contribution in [3.05, 3.63) is 188 Å². The lowest BCUT2D eigenvalue weighted by atomic mass is 9.84. The summed E-state index contributed by atoms with van der Waals surface area (Å²) in [6.07, 6.45) is 4.62. The van der Waals surface area contributed by atoms with E-state index >= 15 is 0 Å². The first-order valence-electron chi connectivity index (χ1n) is 26.0. The zero-order valence-corrected chi connectivity index (χ0v) is 43.1. The Balaban J connectivity index is 0.000000172. The Kier molecular flexibility index (Phi) is 14.2. The lowest BCUT2D eigenvalue weighted by Crippen LogP contribution is -2.47. The quantitative estimate of drug-likeness (QED) is 0.149. The van der Waals surface area contributed by atoms with Crippen molar-refractivity contribution in [1.82, 2.24) is 18.9 Å². The van der Waals surface area contributed by atoms with Crippen LogP contribution in [0.5, 0.6) is 0 Å². The van der Waals surface area contributed by atoms with Crippen LogP contribution < -0.4 is 9.80 Å². The molecule has 13 heteroatoms. The van der Waals surface area contributed by atoms with E-state index in [0.717, 1.165) is 132 Å². The molecule has 3 aliphatic heterocycles. The molecule has 0 saturated carbocycles. The number of aryl methyl sites for hydroxylation is 2. The molecule has 1 saturated heterocycles. The topological polar surface area (TPSA) is 152 Å².